The number of anilines is 1. The highest BCUT2D eigenvalue weighted by Crippen LogP contribution is 2.19. The molecule has 0 aliphatic carbocycles. The quantitative estimate of drug-likeness (QED) is 0.720. The van der Waals surface area contributed by atoms with Gasteiger partial charge in [-0.1, -0.05) is 12.1 Å². The van der Waals surface area contributed by atoms with E-state index in [0.29, 0.717) is 11.4 Å². The number of benzene rings is 2. The second-order valence-corrected chi connectivity index (χ2v) is 7.79. The van der Waals surface area contributed by atoms with Gasteiger partial charge in [0.2, 0.25) is 10.0 Å². The molecule has 2 aromatic carbocycles. The summed E-state index contributed by atoms with van der Waals surface area (Å²) in [5.41, 5.74) is 0.595. The fourth-order valence-corrected chi connectivity index (χ4v) is 3.04. The first kappa shape index (κ1) is 20.4. The van der Waals surface area contributed by atoms with Crippen molar-refractivity contribution in [2.75, 3.05) is 33.1 Å². The lowest BCUT2D eigenvalue weighted by atomic mass is 10.2. The van der Waals surface area contributed by atoms with Crippen molar-refractivity contribution < 1.29 is 27.5 Å². The summed E-state index contributed by atoms with van der Waals surface area (Å²) in [5, 5.41) is 2.53. The number of hydrogen-bond acceptors (Lipinski definition) is 6. The first-order chi connectivity index (χ1) is 12.8. The van der Waals surface area contributed by atoms with Gasteiger partial charge in [-0.25, -0.2) is 17.5 Å². The molecule has 0 saturated heterocycles. The molecule has 27 heavy (non-hydrogen) atoms. The molecule has 0 aliphatic rings. The summed E-state index contributed by atoms with van der Waals surface area (Å²) in [6.45, 7) is -0.491. The zero-order chi connectivity index (χ0) is 20.0. The average Bonchev–Trinajstić information content (AvgIpc) is 2.66. The van der Waals surface area contributed by atoms with E-state index in [1.807, 2.05) is 0 Å². The van der Waals surface area contributed by atoms with E-state index >= 15 is 0 Å². The molecule has 8 nitrogen and oxygen atoms in total. The van der Waals surface area contributed by atoms with Crippen LogP contribution < -0.4 is 10.1 Å². The summed E-state index contributed by atoms with van der Waals surface area (Å²) in [7, 11) is 0.751. The molecule has 2 rings (SSSR count). The smallest absolute Gasteiger partial charge is 0.342 e. The minimum atomic E-state index is -3.54. The Morgan fingerprint density at radius 3 is 2.26 bits per heavy atom. The van der Waals surface area contributed by atoms with Crippen LogP contribution in [0.5, 0.6) is 5.75 Å². The first-order valence-corrected chi connectivity index (χ1v) is 9.32. The lowest BCUT2D eigenvalue weighted by Gasteiger charge is -2.12. The summed E-state index contributed by atoms with van der Waals surface area (Å²) in [5.74, 6) is -0.892. The van der Waals surface area contributed by atoms with Crippen molar-refractivity contribution >= 4 is 27.6 Å². The fraction of sp³-hybridized carbons (Fsp3) is 0.222. The number of para-hydroxylation sites is 1. The van der Waals surface area contributed by atoms with E-state index in [2.05, 4.69) is 5.32 Å². The van der Waals surface area contributed by atoms with E-state index in [4.69, 9.17) is 9.47 Å². The normalized spacial score (nSPS) is 11.1. The number of nitrogens with one attached hydrogen (secondary N) is 1. The molecule has 0 bridgehead atoms. The maximum Gasteiger partial charge on any atom is 0.342 e. The van der Waals surface area contributed by atoms with Crippen LogP contribution in [0.1, 0.15) is 10.4 Å². The second kappa shape index (κ2) is 8.65. The standard InChI is InChI=1S/C18H20N2O6S/c1-20(2)27(23,24)14-10-8-13(9-11-14)19-17(21)12-26-18(22)15-6-4-5-7-16(15)25-3/h4-11H,12H2,1-3H3,(H,19,21). The SMILES string of the molecule is COc1ccccc1C(=O)OCC(=O)Nc1ccc(S(=O)(=O)N(C)C)cc1. The minimum absolute atomic E-state index is 0.105. The van der Waals surface area contributed by atoms with Crippen LogP contribution in [0.4, 0.5) is 5.69 Å². The average molecular weight is 392 g/mol. The first-order valence-electron chi connectivity index (χ1n) is 7.88. The number of nitrogens with zero attached hydrogens (tertiary/aromatic N) is 1. The molecule has 0 radical (unpaired) electrons. The number of methoxy groups -OCH3 is 1. The molecule has 0 aliphatic heterocycles. The van der Waals surface area contributed by atoms with E-state index in [-0.39, 0.29) is 10.5 Å². The van der Waals surface area contributed by atoms with E-state index < -0.39 is 28.5 Å². The third kappa shape index (κ3) is 5.05. The Kier molecular flexibility index (Phi) is 6.54. The van der Waals surface area contributed by atoms with Crippen molar-refractivity contribution in [3.63, 3.8) is 0 Å². The molecule has 0 spiro atoms. The van der Waals surface area contributed by atoms with Crippen LogP contribution in [0, 0.1) is 0 Å². The van der Waals surface area contributed by atoms with Crippen molar-refractivity contribution in [3.05, 3.63) is 54.1 Å². The zero-order valence-electron chi connectivity index (χ0n) is 15.1. The van der Waals surface area contributed by atoms with E-state index in [9.17, 15) is 18.0 Å². The van der Waals surface area contributed by atoms with Gasteiger partial charge in [-0.3, -0.25) is 4.79 Å². The molecule has 2 aromatic rings. The van der Waals surface area contributed by atoms with Crippen molar-refractivity contribution in [1.29, 1.82) is 0 Å². The number of hydrogen-bond donors (Lipinski definition) is 1. The molecular formula is C18H20N2O6S. The van der Waals surface area contributed by atoms with Crippen LogP contribution in [0.2, 0.25) is 0 Å². The predicted octanol–water partition coefficient (Wildman–Crippen LogP) is 1.74. The van der Waals surface area contributed by atoms with Crippen LogP contribution in [0.15, 0.2) is 53.4 Å². The van der Waals surface area contributed by atoms with Gasteiger partial charge in [0.25, 0.3) is 5.91 Å². The highest BCUT2D eigenvalue weighted by molar-refractivity contribution is 7.89. The Bertz CT molecular complexity index is 923. The van der Waals surface area contributed by atoms with Crippen molar-refractivity contribution in [2.24, 2.45) is 0 Å². The van der Waals surface area contributed by atoms with E-state index in [1.54, 1.807) is 18.2 Å². The molecule has 0 saturated carbocycles. The summed E-state index contributed by atoms with van der Waals surface area (Å²) in [4.78, 5) is 24.1. The number of carbonyl (C=O) groups excluding carboxylic acids is 2. The monoisotopic (exact) mass is 392 g/mol. The topological polar surface area (TPSA) is 102 Å². The van der Waals surface area contributed by atoms with Gasteiger partial charge >= 0.3 is 5.97 Å². The predicted molar refractivity (Wildman–Crippen MR) is 99.2 cm³/mol. The summed E-state index contributed by atoms with van der Waals surface area (Å²) < 4.78 is 35.1. The van der Waals surface area contributed by atoms with Gasteiger partial charge in [0.05, 0.1) is 12.0 Å². The highest BCUT2D eigenvalue weighted by atomic mass is 32.2. The molecule has 1 amide bonds. The second-order valence-electron chi connectivity index (χ2n) is 5.64. The fourth-order valence-electron chi connectivity index (χ4n) is 2.14. The maximum atomic E-state index is 12.0. The minimum Gasteiger partial charge on any atom is -0.496 e. The third-order valence-corrected chi connectivity index (χ3v) is 5.41. The molecule has 0 atom stereocenters. The Morgan fingerprint density at radius 2 is 1.67 bits per heavy atom. The van der Waals surface area contributed by atoms with Gasteiger partial charge in [0, 0.05) is 19.8 Å². The highest BCUT2D eigenvalue weighted by Gasteiger charge is 2.17. The largest absolute Gasteiger partial charge is 0.496 e. The van der Waals surface area contributed by atoms with Crippen LogP contribution >= 0.6 is 0 Å². The van der Waals surface area contributed by atoms with Gasteiger partial charge in [-0.15, -0.1) is 0 Å². The number of sulfonamides is 1. The molecular weight excluding hydrogens is 372 g/mol. The number of rotatable bonds is 7. The number of esters is 1. The van der Waals surface area contributed by atoms with Gasteiger partial charge in [0.15, 0.2) is 6.61 Å². The molecule has 0 unspecified atom stereocenters. The zero-order valence-corrected chi connectivity index (χ0v) is 15.9. The molecule has 0 fully saturated rings. The summed E-state index contributed by atoms with van der Waals surface area (Å²) >= 11 is 0. The number of ether oxygens (including phenoxy) is 2. The van der Waals surface area contributed by atoms with Crippen LogP contribution in [-0.2, 0) is 19.6 Å². The van der Waals surface area contributed by atoms with Crippen LogP contribution in [-0.4, -0.2) is 52.4 Å². The van der Waals surface area contributed by atoms with E-state index in [1.165, 1.54) is 51.5 Å². The molecule has 1 N–H and O–H groups in total. The Labute approximate surface area is 157 Å². The van der Waals surface area contributed by atoms with Crippen molar-refractivity contribution in [1.82, 2.24) is 4.31 Å². The molecule has 9 heteroatoms. The van der Waals surface area contributed by atoms with Gasteiger partial charge in [-0.2, -0.15) is 0 Å². The number of amides is 1. The lowest BCUT2D eigenvalue weighted by molar-refractivity contribution is -0.119. The van der Waals surface area contributed by atoms with E-state index in [0.717, 1.165) is 4.31 Å². The van der Waals surface area contributed by atoms with Crippen LogP contribution in [0.3, 0.4) is 0 Å². The van der Waals surface area contributed by atoms with Gasteiger partial charge in [-0.05, 0) is 36.4 Å². The summed E-state index contributed by atoms with van der Waals surface area (Å²) in [6, 6.07) is 12.2. The third-order valence-electron chi connectivity index (χ3n) is 3.58. The van der Waals surface area contributed by atoms with Gasteiger partial charge < -0.3 is 14.8 Å². The molecule has 144 valence electrons. The van der Waals surface area contributed by atoms with Crippen LogP contribution in [0.25, 0.3) is 0 Å². The maximum absolute atomic E-state index is 12.0. The number of carbonyl (C=O) groups is 2. The van der Waals surface area contributed by atoms with Crippen molar-refractivity contribution in [2.45, 2.75) is 4.90 Å². The Balaban J connectivity index is 1.95. The van der Waals surface area contributed by atoms with Gasteiger partial charge in [0.1, 0.15) is 11.3 Å². The summed E-state index contributed by atoms with van der Waals surface area (Å²) in [6.07, 6.45) is 0. The molecule has 0 heterocycles. The Hall–Kier alpha value is -2.91. The molecule has 0 aromatic heterocycles. The van der Waals surface area contributed by atoms with Crippen molar-refractivity contribution in [3.8, 4) is 5.75 Å². The Morgan fingerprint density at radius 1 is 1.04 bits per heavy atom. The lowest BCUT2D eigenvalue weighted by Crippen LogP contribution is -2.22.